The molecule has 0 amide bonds. The average molecular weight is 369 g/mol. The fourth-order valence-electron chi connectivity index (χ4n) is 2.28. The summed E-state index contributed by atoms with van der Waals surface area (Å²) in [5.41, 5.74) is 1.10. The Hall–Kier alpha value is -1.15. The third-order valence-corrected chi connectivity index (χ3v) is 4.19. The second-order valence-corrected chi connectivity index (χ2v) is 5.93. The van der Waals surface area contributed by atoms with Gasteiger partial charge < -0.3 is 10.2 Å². The van der Waals surface area contributed by atoms with Gasteiger partial charge in [-0.1, -0.05) is 18.2 Å². The maximum absolute atomic E-state index is 4.63. The highest BCUT2D eigenvalue weighted by Crippen LogP contribution is 2.23. The zero-order valence-corrected chi connectivity index (χ0v) is 12.9. The van der Waals surface area contributed by atoms with E-state index < -0.39 is 0 Å². The van der Waals surface area contributed by atoms with Gasteiger partial charge in [-0.2, -0.15) is 4.98 Å². The number of piperazine rings is 1. The van der Waals surface area contributed by atoms with E-state index in [0.717, 1.165) is 37.0 Å². The Bertz CT molecular complexity index is 568. The molecule has 1 aliphatic heterocycles. The van der Waals surface area contributed by atoms with Crippen molar-refractivity contribution >= 4 is 28.5 Å². The molecule has 0 unspecified atom stereocenters. The Morgan fingerprint density at radius 3 is 3.00 bits per heavy atom. The minimum Gasteiger partial charge on any atom is -0.337 e. The van der Waals surface area contributed by atoms with Gasteiger partial charge in [0, 0.05) is 34.8 Å². The first kappa shape index (κ1) is 12.9. The number of halogens is 1. The van der Waals surface area contributed by atoms with Gasteiger partial charge in [0.05, 0.1) is 0 Å². The third-order valence-electron chi connectivity index (χ3n) is 3.25. The van der Waals surface area contributed by atoms with Gasteiger partial charge in [-0.3, -0.25) is 5.10 Å². The van der Waals surface area contributed by atoms with Crippen LogP contribution >= 0.6 is 22.6 Å². The van der Waals surface area contributed by atoms with E-state index in [2.05, 4.69) is 67.0 Å². The molecule has 1 atom stereocenters. The Labute approximate surface area is 125 Å². The van der Waals surface area contributed by atoms with Crippen LogP contribution in [0.4, 0.5) is 5.95 Å². The summed E-state index contributed by atoms with van der Waals surface area (Å²) in [4.78, 5) is 6.85. The van der Waals surface area contributed by atoms with Crippen molar-refractivity contribution in [1.29, 1.82) is 0 Å². The summed E-state index contributed by atoms with van der Waals surface area (Å²) in [5.74, 6) is 1.63. The van der Waals surface area contributed by atoms with Crippen LogP contribution in [0.3, 0.4) is 0 Å². The van der Waals surface area contributed by atoms with Crippen molar-refractivity contribution in [3.8, 4) is 11.4 Å². The molecule has 19 heavy (non-hydrogen) atoms. The molecule has 2 N–H and O–H groups in total. The van der Waals surface area contributed by atoms with Gasteiger partial charge in [0.1, 0.15) is 0 Å². The van der Waals surface area contributed by atoms with Crippen molar-refractivity contribution in [2.75, 3.05) is 24.5 Å². The van der Waals surface area contributed by atoms with E-state index in [0.29, 0.717) is 6.04 Å². The molecule has 100 valence electrons. The molecule has 0 spiro atoms. The molecule has 5 nitrogen and oxygen atoms in total. The van der Waals surface area contributed by atoms with Crippen molar-refractivity contribution < 1.29 is 0 Å². The first-order valence-electron chi connectivity index (χ1n) is 6.39. The molecule has 2 heterocycles. The SMILES string of the molecule is C[C@@H]1CN(c2n[nH]c(-c3ccccc3I)n2)CCN1. The fraction of sp³-hybridized carbons (Fsp3) is 0.385. The van der Waals surface area contributed by atoms with Crippen LogP contribution in [0.1, 0.15) is 6.92 Å². The number of nitrogens with zero attached hydrogens (tertiary/aromatic N) is 3. The summed E-state index contributed by atoms with van der Waals surface area (Å²) in [6.07, 6.45) is 0. The molecule has 1 saturated heterocycles. The molecule has 1 aliphatic rings. The molecule has 6 heteroatoms. The highest BCUT2D eigenvalue weighted by atomic mass is 127. The monoisotopic (exact) mass is 369 g/mol. The standard InChI is InChI=1S/C13H16IN5/c1-9-8-19(7-6-15-9)13-16-12(17-18-13)10-4-2-3-5-11(10)14/h2-5,9,15H,6-8H2,1H3,(H,16,17,18)/t9-/m1/s1. The van der Waals surface area contributed by atoms with Crippen molar-refractivity contribution in [1.82, 2.24) is 20.5 Å². The molecule has 0 saturated carbocycles. The molecule has 1 aromatic heterocycles. The number of hydrogen-bond acceptors (Lipinski definition) is 4. The van der Waals surface area contributed by atoms with E-state index in [9.17, 15) is 0 Å². The second-order valence-electron chi connectivity index (χ2n) is 4.77. The van der Waals surface area contributed by atoms with E-state index in [1.807, 2.05) is 12.1 Å². The van der Waals surface area contributed by atoms with Crippen molar-refractivity contribution in [3.63, 3.8) is 0 Å². The average Bonchev–Trinajstić information content (AvgIpc) is 2.89. The lowest BCUT2D eigenvalue weighted by Gasteiger charge is -2.30. The first-order valence-corrected chi connectivity index (χ1v) is 7.47. The van der Waals surface area contributed by atoms with Crippen LogP contribution in [0.25, 0.3) is 11.4 Å². The summed E-state index contributed by atoms with van der Waals surface area (Å²) >= 11 is 2.32. The molecule has 1 fully saturated rings. The quantitative estimate of drug-likeness (QED) is 0.794. The van der Waals surface area contributed by atoms with Gasteiger partial charge in [-0.15, -0.1) is 5.10 Å². The van der Waals surface area contributed by atoms with Crippen LogP contribution < -0.4 is 10.2 Å². The molecule has 0 aliphatic carbocycles. The normalized spacial score (nSPS) is 19.7. The van der Waals surface area contributed by atoms with E-state index in [4.69, 9.17) is 0 Å². The lowest BCUT2D eigenvalue weighted by Crippen LogP contribution is -2.49. The Kier molecular flexibility index (Phi) is 3.69. The largest absolute Gasteiger partial charge is 0.337 e. The van der Waals surface area contributed by atoms with Gasteiger partial charge in [-0.25, -0.2) is 0 Å². The van der Waals surface area contributed by atoms with Gasteiger partial charge in [0.25, 0.3) is 0 Å². The fourth-order valence-corrected chi connectivity index (χ4v) is 2.92. The summed E-state index contributed by atoms with van der Waals surface area (Å²) in [5, 5.41) is 10.8. The maximum Gasteiger partial charge on any atom is 0.245 e. The van der Waals surface area contributed by atoms with E-state index in [-0.39, 0.29) is 0 Å². The number of hydrogen-bond donors (Lipinski definition) is 2. The highest BCUT2D eigenvalue weighted by Gasteiger charge is 2.19. The predicted octanol–water partition coefficient (Wildman–Crippen LogP) is 1.87. The summed E-state index contributed by atoms with van der Waals surface area (Å²) in [6.45, 7) is 5.06. The van der Waals surface area contributed by atoms with Crippen LogP contribution in [0.2, 0.25) is 0 Å². The van der Waals surface area contributed by atoms with Crippen molar-refractivity contribution in [2.45, 2.75) is 13.0 Å². The number of aromatic nitrogens is 3. The maximum atomic E-state index is 4.63. The van der Waals surface area contributed by atoms with E-state index in [1.165, 1.54) is 3.57 Å². The molecule has 2 aromatic rings. The summed E-state index contributed by atoms with van der Waals surface area (Å²) in [6, 6.07) is 8.66. The third kappa shape index (κ3) is 2.74. The highest BCUT2D eigenvalue weighted by molar-refractivity contribution is 14.1. The van der Waals surface area contributed by atoms with Gasteiger partial charge in [0.2, 0.25) is 5.95 Å². The smallest absolute Gasteiger partial charge is 0.245 e. The van der Waals surface area contributed by atoms with E-state index in [1.54, 1.807) is 0 Å². The number of nitrogens with one attached hydrogen (secondary N) is 2. The molecular weight excluding hydrogens is 353 g/mol. The Morgan fingerprint density at radius 2 is 2.21 bits per heavy atom. The number of benzene rings is 1. The molecule has 1 aromatic carbocycles. The lowest BCUT2D eigenvalue weighted by molar-refractivity contribution is 0.480. The molecular formula is C13H16IN5. The number of anilines is 1. The van der Waals surface area contributed by atoms with Gasteiger partial charge >= 0.3 is 0 Å². The molecule has 3 rings (SSSR count). The first-order chi connectivity index (χ1) is 9.24. The van der Waals surface area contributed by atoms with Gasteiger partial charge in [0.15, 0.2) is 5.82 Å². The topological polar surface area (TPSA) is 56.8 Å². The predicted molar refractivity (Wildman–Crippen MR) is 84.2 cm³/mol. The number of rotatable bonds is 2. The zero-order chi connectivity index (χ0) is 13.2. The molecule has 0 bridgehead atoms. The van der Waals surface area contributed by atoms with Crippen LogP contribution in [-0.2, 0) is 0 Å². The van der Waals surface area contributed by atoms with Gasteiger partial charge in [-0.05, 0) is 35.6 Å². The Balaban J connectivity index is 1.85. The van der Waals surface area contributed by atoms with Crippen LogP contribution in [-0.4, -0.2) is 40.9 Å². The minimum absolute atomic E-state index is 0.479. The van der Waals surface area contributed by atoms with Crippen LogP contribution in [0.15, 0.2) is 24.3 Å². The summed E-state index contributed by atoms with van der Waals surface area (Å²) < 4.78 is 1.18. The molecule has 0 radical (unpaired) electrons. The number of H-pyrrole nitrogens is 1. The van der Waals surface area contributed by atoms with Crippen molar-refractivity contribution in [3.05, 3.63) is 27.8 Å². The zero-order valence-electron chi connectivity index (χ0n) is 10.7. The number of aromatic amines is 1. The second kappa shape index (κ2) is 5.46. The van der Waals surface area contributed by atoms with Crippen molar-refractivity contribution in [2.24, 2.45) is 0 Å². The Morgan fingerprint density at radius 1 is 1.37 bits per heavy atom. The summed E-state index contributed by atoms with van der Waals surface area (Å²) in [7, 11) is 0. The van der Waals surface area contributed by atoms with Crippen LogP contribution in [0.5, 0.6) is 0 Å². The minimum atomic E-state index is 0.479. The van der Waals surface area contributed by atoms with Crippen LogP contribution in [0, 0.1) is 3.57 Å². The van der Waals surface area contributed by atoms with E-state index >= 15 is 0 Å². The lowest BCUT2D eigenvalue weighted by atomic mass is 10.2.